The van der Waals surface area contributed by atoms with Crippen LogP contribution in [0.3, 0.4) is 0 Å². The smallest absolute Gasteiger partial charge is 0.314 e. The minimum atomic E-state index is -3.92. The molecule has 7 N–H and O–H groups in total. The van der Waals surface area contributed by atoms with Crippen LogP contribution in [-0.4, -0.2) is 126 Å². The van der Waals surface area contributed by atoms with Gasteiger partial charge >= 0.3 is 6.03 Å². The van der Waals surface area contributed by atoms with Gasteiger partial charge in [0, 0.05) is 55.2 Å². The normalized spacial score (nSPS) is 17.5. The van der Waals surface area contributed by atoms with Crippen LogP contribution in [0.5, 0.6) is 5.75 Å². The number of aromatic nitrogens is 1. The molecule has 0 saturated heterocycles. The molecule has 2 saturated carbocycles. The van der Waals surface area contributed by atoms with Gasteiger partial charge in [-0.15, -0.1) is 0 Å². The van der Waals surface area contributed by atoms with Gasteiger partial charge in [0.25, 0.3) is 0 Å². The summed E-state index contributed by atoms with van der Waals surface area (Å²) in [6.45, 7) is -1.02. The summed E-state index contributed by atoms with van der Waals surface area (Å²) in [6.07, 6.45) is 0.569. The number of sulfonamides is 1. The van der Waals surface area contributed by atoms with Gasteiger partial charge < -0.3 is 50.4 Å². The number of halogens is 1. The van der Waals surface area contributed by atoms with Gasteiger partial charge in [0.1, 0.15) is 24.1 Å². The number of aliphatic hydroxyl groups is 5. The number of hydrogen-bond donors (Lipinski definition) is 7. The number of carbonyl (C=O) groups is 1. The molecule has 53 heavy (non-hydrogen) atoms. The minimum Gasteiger partial charge on any atom is -0.490 e. The Kier molecular flexibility index (Phi) is 14.1. The molecule has 3 aromatic rings. The first kappa shape index (κ1) is 40.8. The lowest BCUT2D eigenvalue weighted by molar-refractivity contribution is -0.113. The Morgan fingerprint density at radius 3 is 2.47 bits per heavy atom. The lowest BCUT2D eigenvalue weighted by Gasteiger charge is -2.25. The second-order valence-electron chi connectivity index (χ2n) is 13.1. The molecule has 17 heteroatoms. The van der Waals surface area contributed by atoms with Crippen molar-refractivity contribution in [3.05, 3.63) is 77.1 Å². The molecule has 0 radical (unpaired) electrons. The lowest BCUT2D eigenvalue weighted by atomic mass is 9.96. The van der Waals surface area contributed by atoms with Gasteiger partial charge in [-0.3, -0.25) is 4.98 Å². The highest BCUT2D eigenvalue weighted by molar-refractivity contribution is 7.89. The highest BCUT2D eigenvalue weighted by atomic mass is 35.5. The Hall–Kier alpha value is -3.42. The molecule has 0 aliphatic heterocycles. The van der Waals surface area contributed by atoms with Crippen molar-refractivity contribution in [3.8, 4) is 16.9 Å². The van der Waals surface area contributed by atoms with Crippen LogP contribution in [0.4, 0.5) is 4.79 Å². The van der Waals surface area contributed by atoms with E-state index in [0.29, 0.717) is 10.6 Å². The molecule has 1 aromatic heterocycles. The third-order valence-electron chi connectivity index (χ3n) is 9.12. The third kappa shape index (κ3) is 10.6. The summed E-state index contributed by atoms with van der Waals surface area (Å²) in [4.78, 5) is 16.4. The van der Waals surface area contributed by atoms with Crippen LogP contribution in [0.25, 0.3) is 11.1 Å². The average molecular weight is 779 g/mol. The topological polar surface area (TPSA) is 220 Å². The number of aliphatic hydroxyl groups excluding tert-OH is 5. The van der Waals surface area contributed by atoms with E-state index in [1.807, 2.05) is 36.5 Å². The third-order valence-corrected chi connectivity index (χ3v) is 11.3. The van der Waals surface area contributed by atoms with E-state index in [2.05, 4.69) is 15.6 Å². The highest BCUT2D eigenvalue weighted by Gasteiger charge is 2.48. The van der Waals surface area contributed by atoms with Crippen LogP contribution in [0.1, 0.15) is 36.8 Å². The quantitative estimate of drug-likeness (QED) is 0.0766. The standard InChI is InChI=1S/C36H47ClN4O11S/c1-41(15-17-50-16-14-39-35(47)40-20-30(43)33(45)34(46)31(44)21-42)53(48,49)25-8-9-29(37)23(18-25)22-51-36(11-12-36)28-19-38-13-10-26(28)27-4-2-3-5-32(27)52-24-6-7-24/h2-5,8-10,13,18-19,24,30-31,33-34,42-46H,6-7,11-12,14-17,20-22H2,1H3,(H2,39,40,47)/t30-,31+,33+,34+/m0/s1. The number of nitrogens with one attached hydrogen (secondary N) is 2. The van der Waals surface area contributed by atoms with Gasteiger partial charge in [-0.05, 0) is 67.1 Å². The van der Waals surface area contributed by atoms with Crippen molar-refractivity contribution < 1.29 is 53.0 Å². The molecule has 5 rings (SSSR count). The molecule has 15 nitrogen and oxygen atoms in total. The monoisotopic (exact) mass is 778 g/mol. The van der Waals surface area contributed by atoms with Crippen molar-refractivity contribution in [2.24, 2.45) is 0 Å². The van der Waals surface area contributed by atoms with Crippen molar-refractivity contribution in [2.75, 3.05) is 46.5 Å². The Balaban J connectivity index is 1.10. The van der Waals surface area contributed by atoms with Crippen molar-refractivity contribution in [1.82, 2.24) is 19.9 Å². The molecule has 2 aliphatic rings. The number of para-hydroxylation sites is 1. The molecule has 0 bridgehead atoms. The molecule has 2 amide bonds. The molecule has 2 aliphatic carbocycles. The number of hydrogen-bond acceptors (Lipinski definition) is 12. The molecule has 2 fully saturated rings. The predicted octanol–water partition coefficient (Wildman–Crippen LogP) is 1.52. The second-order valence-corrected chi connectivity index (χ2v) is 15.6. The van der Waals surface area contributed by atoms with E-state index in [4.69, 9.17) is 30.9 Å². The number of nitrogens with zero attached hydrogens (tertiary/aromatic N) is 2. The largest absolute Gasteiger partial charge is 0.490 e. The summed E-state index contributed by atoms with van der Waals surface area (Å²) in [6, 6.07) is 13.7. The fourth-order valence-electron chi connectivity index (χ4n) is 5.57. The minimum absolute atomic E-state index is 0.0217. The summed E-state index contributed by atoms with van der Waals surface area (Å²) < 4.78 is 46.2. The lowest BCUT2D eigenvalue weighted by Crippen LogP contribution is -2.50. The van der Waals surface area contributed by atoms with Crippen LogP contribution in [-0.2, 0) is 31.7 Å². The Labute approximate surface area is 313 Å². The van der Waals surface area contributed by atoms with E-state index >= 15 is 0 Å². The van der Waals surface area contributed by atoms with Crippen LogP contribution in [0, 0.1) is 0 Å². The zero-order chi connectivity index (χ0) is 38.2. The second kappa shape index (κ2) is 18.3. The number of amides is 2. The molecule has 0 unspecified atom stereocenters. The summed E-state index contributed by atoms with van der Waals surface area (Å²) in [5.41, 5.74) is 2.81. The molecule has 290 valence electrons. The molecular formula is C36H47ClN4O11S. The van der Waals surface area contributed by atoms with Gasteiger partial charge in [-0.1, -0.05) is 29.8 Å². The number of likely N-dealkylation sites (N-methyl/N-ethyl adjacent to an activating group) is 1. The van der Waals surface area contributed by atoms with E-state index in [1.165, 1.54) is 25.2 Å². The van der Waals surface area contributed by atoms with Gasteiger partial charge in [-0.2, -0.15) is 4.31 Å². The van der Waals surface area contributed by atoms with Crippen LogP contribution >= 0.6 is 11.6 Å². The van der Waals surface area contributed by atoms with Crippen molar-refractivity contribution in [2.45, 2.75) is 73.3 Å². The van der Waals surface area contributed by atoms with Gasteiger partial charge in [0.2, 0.25) is 10.0 Å². The predicted molar refractivity (Wildman–Crippen MR) is 194 cm³/mol. The first-order valence-corrected chi connectivity index (χ1v) is 19.2. The van der Waals surface area contributed by atoms with Crippen LogP contribution in [0.15, 0.2) is 65.8 Å². The maximum atomic E-state index is 13.4. The summed E-state index contributed by atoms with van der Waals surface area (Å²) in [5, 5.41) is 52.7. The summed E-state index contributed by atoms with van der Waals surface area (Å²) >= 11 is 6.53. The van der Waals surface area contributed by atoms with E-state index < -0.39 is 59.2 Å². The average Bonchev–Trinajstić information content (AvgIpc) is 4.11. The Morgan fingerprint density at radius 2 is 1.75 bits per heavy atom. The maximum absolute atomic E-state index is 13.4. The van der Waals surface area contributed by atoms with E-state index in [0.717, 1.165) is 52.4 Å². The fraction of sp³-hybridized carbons (Fsp3) is 0.500. The summed E-state index contributed by atoms with van der Waals surface area (Å²) in [5.74, 6) is 0.820. The first-order valence-electron chi connectivity index (χ1n) is 17.4. The van der Waals surface area contributed by atoms with Crippen molar-refractivity contribution in [3.63, 3.8) is 0 Å². The van der Waals surface area contributed by atoms with E-state index in [1.54, 1.807) is 6.20 Å². The zero-order valence-electron chi connectivity index (χ0n) is 29.3. The molecule has 4 atom stereocenters. The number of urea groups is 1. The summed E-state index contributed by atoms with van der Waals surface area (Å²) in [7, 11) is -2.49. The van der Waals surface area contributed by atoms with E-state index in [9.17, 15) is 33.6 Å². The Bertz CT molecular complexity index is 1790. The number of benzene rings is 2. The number of rotatable bonds is 21. The maximum Gasteiger partial charge on any atom is 0.314 e. The first-order chi connectivity index (χ1) is 25.4. The highest BCUT2D eigenvalue weighted by Crippen LogP contribution is 2.53. The number of pyridine rings is 1. The molecule has 0 spiro atoms. The van der Waals surface area contributed by atoms with Crippen molar-refractivity contribution in [1.29, 1.82) is 0 Å². The van der Waals surface area contributed by atoms with E-state index in [-0.39, 0.29) is 43.9 Å². The van der Waals surface area contributed by atoms with Gasteiger partial charge in [0.15, 0.2) is 0 Å². The molecule has 1 heterocycles. The number of carbonyl (C=O) groups excluding carboxylic acids is 1. The van der Waals surface area contributed by atoms with Crippen LogP contribution in [0.2, 0.25) is 5.02 Å². The molecular weight excluding hydrogens is 732 g/mol. The molecule has 2 aromatic carbocycles. The fourth-order valence-corrected chi connectivity index (χ4v) is 6.95. The number of ether oxygens (including phenoxy) is 3. The Morgan fingerprint density at radius 1 is 1.02 bits per heavy atom. The van der Waals surface area contributed by atoms with Crippen molar-refractivity contribution >= 4 is 27.7 Å². The van der Waals surface area contributed by atoms with Gasteiger partial charge in [0.05, 0.1) is 49.1 Å². The SMILES string of the molecule is CN(CCOCCNC(=O)NC[C@H](O)[C@@H](O)[C@H](O)[C@H](O)CO)S(=O)(=O)c1ccc(Cl)c(COC2(c3cnccc3-c3ccccc3OC3CC3)CC2)c1. The van der Waals surface area contributed by atoms with Gasteiger partial charge in [-0.25, -0.2) is 13.2 Å². The van der Waals surface area contributed by atoms with Crippen LogP contribution < -0.4 is 15.4 Å². The zero-order valence-corrected chi connectivity index (χ0v) is 30.9.